The van der Waals surface area contributed by atoms with E-state index in [-0.39, 0.29) is 5.78 Å². The van der Waals surface area contributed by atoms with Crippen LogP contribution in [0, 0.1) is 0 Å². The van der Waals surface area contributed by atoms with Crippen molar-refractivity contribution in [2.75, 3.05) is 6.26 Å². The average molecular weight is 252 g/mol. The predicted molar refractivity (Wildman–Crippen MR) is 67.1 cm³/mol. The summed E-state index contributed by atoms with van der Waals surface area (Å²) in [6.45, 7) is 1.45. The summed E-state index contributed by atoms with van der Waals surface area (Å²) >= 11 is 0. The van der Waals surface area contributed by atoms with Gasteiger partial charge in [0.1, 0.15) is 5.25 Å². The summed E-state index contributed by atoms with van der Waals surface area (Å²) in [5, 5.41) is -0.957. The molecule has 0 spiro atoms. The molecule has 1 atom stereocenters. The molecule has 92 valence electrons. The Morgan fingerprint density at radius 3 is 2.53 bits per heavy atom. The highest BCUT2D eigenvalue weighted by atomic mass is 32.2. The zero-order chi connectivity index (χ0) is 12.6. The highest BCUT2D eigenvalue weighted by Crippen LogP contribution is 2.23. The Labute approximate surface area is 102 Å². The second-order valence-corrected chi connectivity index (χ2v) is 7.04. The second kappa shape index (κ2) is 4.26. The number of carbonyl (C=O) groups is 1. The molecule has 0 aromatic heterocycles. The molecule has 1 aromatic rings. The van der Waals surface area contributed by atoms with E-state index in [2.05, 4.69) is 0 Å². The van der Waals surface area contributed by atoms with Gasteiger partial charge in [0, 0.05) is 11.8 Å². The minimum atomic E-state index is -3.31. The molecule has 3 nitrogen and oxygen atoms in total. The first kappa shape index (κ1) is 12.3. The number of Topliss-reactive ketones (excluding diaryl/α,β-unsaturated/α-hetero) is 1. The van der Waals surface area contributed by atoms with E-state index in [1.54, 1.807) is 6.07 Å². The number of ketones is 1. The molecular formula is C13H16O3S. The molecule has 0 saturated heterocycles. The van der Waals surface area contributed by atoms with Crippen molar-refractivity contribution in [1.29, 1.82) is 0 Å². The van der Waals surface area contributed by atoms with E-state index in [0.717, 1.165) is 25.5 Å². The summed E-state index contributed by atoms with van der Waals surface area (Å²) in [6, 6.07) is 5.55. The Morgan fingerprint density at radius 2 is 1.88 bits per heavy atom. The first-order chi connectivity index (χ1) is 7.89. The number of rotatable bonds is 3. The smallest absolute Gasteiger partial charge is 0.180 e. The van der Waals surface area contributed by atoms with Gasteiger partial charge in [0.05, 0.1) is 0 Å². The van der Waals surface area contributed by atoms with Crippen LogP contribution >= 0.6 is 0 Å². The van der Waals surface area contributed by atoms with Crippen molar-refractivity contribution in [2.24, 2.45) is 0 Å². The van der Waals surface area contributed by atoms with E-state index in [0.29, 0.717) is 5.56 Å². The maximum absolute atomic E-state index is 12.0. The zero-order valence-electron chi connectivity index (χ0n) is 10.1. The van der Waals surface area contributed by atoms with E-state index in [9.17, 15) is 13.2 Å². The van der Waals surface area contributed by atoms with Gasteiger partial charge in [-0.3, -0.25) is 4.79 Å². The van der Waals surface area contributed by atoms with Gasteiger partial charge in [-0.05, 0) is 43.4 Å². The van der Waals surface area contributed by atoms with Crippen molar-refractivity contribution in [1.82, 2.24) is 0 Å². The van der Waals surface area contributed by atoms with Gasteiger partial charge in [-0.2, -0.15) is 0 Å². The molecule has 1 aromatic carbocycles. The van der Waals surface area contributed by atoms with Crippen molar-refractivity contribution in [3.8, 4) is 0 Å². The van der Waals surface area contributed by atoms with Gasteiger partial charge >= 0.3 is 0 Å². The Morgan fingerprint density at radius 1 is 1.24 bits per heavy atom. The highest BCUT2D eigenvalue weighted by molar-refractivity contribution is 7.92. The molecule has 0 amide bonds. The third-order valence-electron chi connectivity index (χ3n) is 3.39. The Balaban J connectivity index is 2.32. The predicted octanol–water partition coefficient (Wildman–Crippen LogP) is 1.79. The molecule has 0 radical (unpaired) electrons. The van der Waals surface area contributed by atoms with E-state index >= 15 is 0 Å². The van der Waals surface area contributed by atoms with Crippen LogP contribution in [0.25, 0.3) is 0 Å². The van der Waals surface area contributed by atoms with Crippen molar-refractivity contribution < 1.29 is 13.2 Å². The van der Waals surface area contributed by atoms with Gasteiger partial charge in [0.25, 0.3) is 0 Å². The molecular weight excluding hydrogens is 236 g/mol. The van der Waals surface area contributed by atoms with Gasteiger partial charge in [0.15, 0.2) is 15.6 Å². The molecule has 2 rings (SSSR count). The molecule has 1 unspecified atom stereocenters. The van der Waals surface area contributed by atoms with Crippen LogP contribution in [0.1, 0.15) is 34.8 Å². The van der Waals surface area contributed by atoms with E-state index in [4.69, 9.17) is 0 Å². The van der Waals surface area contributed by atoms with Crippen LogP contribution in [0.15, 0.2) is 18.2 Å². The van der Waals surface area contributed by atoms with Crippen molar-refractivity contribution >= 4 is 15.6 Å². The molecule has 4 heteroatoms. The Hall–Kier alpha value is -1.16. The van der Waals surface area contributed by atoms with Crippen molar-refractivity contribution in [3.05, 3.63) is 34.9 Å². The highest BCUT2D eigenvalue weighted by Gasteiger charge is 2.25. The van der Waals surface area contributed by atoms with E-state index in [1.165, 1.54) is 18.1 Å². The molecule has 1 aliphatic rings. The lowest BCUT2D eigenvalue weighted by Gasteiger charge is -2.09. The van der Waals surface area contributed by atoms with Crippen LogP contribution in [0.2, 0.25) is 0 Å². The first-order valence-electron chi connectivity index (χ1n) is 5.74. The third kappa shape index (κ3) is 2.41. The molecule has 1 aliphatic carbocycles. The molecule has 0 heterocycles. The van der Waals surface area contributed by atoms with Crippen LogP contribution < -0.4 is 0 Å². The van der Waals surface area contributed by atoms with Crippen molar-refractivity contribution in [3.63, 3.8) is 0 Å². The summed E-state index contributed by atoms with van der Waals surface area (Å²) in [5.41, 5.74) is 2.99. The maximum Gasteiger partial charge on any atom is 0.180 e. The van der Waals surface area contributed by atoms with Gasteiger partial charge in [0.2, 0.25) is 0 Å². The average Bonchev–Trinajstić information content (AvgIpc) is 2.72. The summed E-state index contributed by atoms with van der Waals surface area (Å²) in [4.78, 5) is 12.0. The number of aryl methyl sites for hydroxylation is 2. The van der Waals surface area contributed by atoms with Gasteiger partial charge in [-0.1, -0.05) is 12.1 Å². The minimum Gasteiger partial charge on any atom is -0.293 e. The molecule has 17 heavy (non-hydrogen) atoms. The standard InChI is InChI=1S/C13H16O3S/c1-9(17(2,15)16)13(14)12-7-6-10-4-3-5-11(10)8-12/h6-9H,3-5H2,1-2H3. The first-order valence-corrected chi connectivity index (χ1v) is 7.70. The lowest BCUT2D eigenvalue weighted by molar-refractivity contribution is 0.0991. The van der Waals surface area contributed by atoms with Crippen LogP contribution in [0.5, 0.6) is 0 Å². The summed E-state index contributed by atoms with van der Waals surface area (Å²) in [7, 11) is -3.31. The second-order valence-electron chi connectivity index (χ2n) is 4.67. The van der Waals surface area contributed by atoms with Gasteiger partial charge < -0.3 is 0 Å². The molecule has 0 fully saturated rings. The normalized spacial score (nSPS) is 16.6. The van der Waals surface area contributed by atoms with Crippen LogP contribution in [0.4, 0.5) is 0 Å². The summed E-state index contributed by atoms with van der Waals surface area (Å²) in [6.07, 6.45) is 4.27. The minimum absolute atomic E-state index is 0.304. The monoisotopic (exact) mass is 252 g/mol. The summed E-state index contributed by atoms with van der Waals surface area (Å²) in [5.74, 6) is -0.304. The summed E-state index contributed by atoms with van der Waals surface area (Å²) < 4.78 is 22.7. The van der Waals surface area contributed by atoms with Gasteiger partial charge in [-0.15, -0.1) is 0 Å². The third-order valence-corrected chi connectivity index (χ3v) is 4.89. The fourth-order valence-electron chi connectivity index (χ4n) is 2.15. The fourth-order valence-corrected chi connectivity index (χ4v) is 2.68. The number of fused-ring (bicyclic) bond motifs is 1. The lowest BCUT2D eigenvalue weighted by atomic mass is 10.0. The molecule has 0 bridgehead atoms. The molecule has 0 aliphatic heterocycles. The maximum atomic E-state index is 12.0. The topological polar surface area (TPSA) is 51.2 Å². The number of hydrogen-bond acceptors (Lipinski definition) is 3. The molecule has 0 N–H and O–H groups in total. The van der Waals surface area contributed by atoms with E-state index in [1.807, 2.05) is 12.1 Å². The van der Waals surface area contributed by atoms with Crippen LogP contribution in [-0.2, 0) is 22.7 Å². The van der Waals surface area contributed by atoms with Crippen LogP contribution in [0.3, 0.4) is 0 Å². The SMILES string of the molecule is CC(C(=O)c1ccc2c(c1)CCC2)S(C)(=O)=O. The number of carbonyl (C=O) groups excluding carboxylic acids is 1. The van der Waals surface area contributed by atoms with Gasteiger partial charge in [-0.25, -0.2) is 8.42 Å². The van der Waals surface area contributed by atoms with E-state index < -0.39 is 15.1 Å². The number of hydrogen-bond donors (Lipinski definition) is 0. The Bertz CT molecular complexity index is 558. The molecule has 0 saturated carbocycles. The van der Waals surface area contributed by atoms with Crippen molar-refractivity contribution in [2.45, 2.75) is 31.4 Å². The largest absolute Gasteiger partial charge is 0.293 e. The quantitative estimate of drug-likeness (QED) is 0.771. The zero-order valence-corrected chi connectivity index (χ0v) is 10.9. The fraction of sp³-hybridized carbons (Fsp3) is 0.462. The van der Waals surface area contributed by atoms with Crippen LogP contribution in [-0.4, -0.2) is 25.7 Å². The number of sulfone groups is 1. The number of benzene rings is 1. The Kier molecular flexibility index (Phi) is 3.08. The lowest BCUT2D eigenvalue weighted by Crippen LogP contribution is -2.26.